The summed E-state index contributed by atoms with van der Waals surface area (Å²) in [6.45, 7) is 5.60. The van der Waals surface area contributed by atoms with Crippen molar-refractivity contribution in [2.75, 3.05) is 39.5 Å². The number of amides is 2. The lowest BCUT2D eigenvalue weighted by molar-refractivity contribution is -0.164. The number of carbonyl (C=O) groups is 2. The topological polar surface area (TPSA) is 59.1 Å². The lowest BCUT2D eigenvalue weighted by atomic mass is 9.73. The van der Waals surface area contributed by atoms with Gasteiger partial charge in [0.1, 0.15) is 12.2 Å². The van der Waals surface area contributed by atoms with E-state index in [9.17, 15) is 9.59 Å². The minimum absolute atomic E-state index is 0.00908. The molecular formula is C27H32N2O4. The number of ether oxygens (including phenoxy) is 2. The molecule has 0 N–H and O–H groups in total. The maximum Gasteiger partial charge on any atom is 0.249 e. The van der Waals surface area contributed by atoms with Crippen molar-refractivity contribution in [3.63, 3.8) is 0 Å². The monoisotopic (exact) mass is 448 g/mol. The molecule has 3 aliphatic rings. The van der Waals surface area contributed by atoms with E-state index < -0.39 is 11.0 Å². The summed E-state index contributed by atoms with van der Waals surface area (Å²) in [6.07, 6.45) is 2.13. The number of aryl methyl sites for hydroxylation is 1. The number of nitrogens with zero attached hydrogens (tertiary/aromatic N) is 2. The molecule has 5 rings (SSSR count). The van der Waals surface area contributed by atoms with Crippen LogP contribution >= 0.6 is 0 Å². The second-order valence-corrected chi connectivity index (χ2v) is 9.74. The van der Waals surface area contributed by atoms with Gasteiger partial charge >= 0.3 is 0 Å². The highest BCUT2D eigenvalue weighted by atomic mass is 16.5. The summed E-state index contributed by atoms with van der Waals surface area (Å²) >= 11 is 0. The van der Waals surface area contributed by atoms with Gasteiger partial charge in [-0.1, -0.05) is 60.2 Å². The number of hydrogen-bond donors (Lipinski definition) is 0. The van der Waals surface area contributed by atoms with E-state index in [4.69, 9.17) is 9.47 Å². The fourth-order valence-electron chi connectivity index (χ4n) is 5.52. The maximum atomic E-state index is 14.0. The molecule has 3 saturated heterocycles. The summed E-state index contributed by atoms with van der Waals surface area (Å²) in [5.41, 5.74) is 2.33. The molecule has 33 heavy (non-hydrogen) atoms. The Bertz CT molecular complexity index is 1000. The van der Waals surface area contributed by atoms with Gasteiger partial charge in [-0.15, -0.1) is 0 Å². The number of carbonyl (C=O) groups excluding carboxylic acids is 2. The second-order valence-electron chi connectivity index (χ2n) is 9.74. The van der Waals surface area contributed by atoms with E-state index in [1.54, 1.807) is 0 Å². The van der Waals surface area contributed by atoms with Crippen molar-refractivity contribution in [1.82, 2.24) is 9.80 Å². The molecule has 6 nitrogen and oxygen atoms in total. The second kappa shape index (κ2) is 8.92. The number of benzene rings is 2. The first-order valence-electron chi connectivity index (χ1n) is 11.9. The maximum absolute atomic E-state index is 14.0. The van der Waals surface area contributed by atoms with Gasteiger partial charge < -0.3 is 19.3 Å². The van der Waals surface area contributed by atoms with Crippen LogP contribution in [0.4, 0.5) is 0 Å². The first-order chi connectivity index (χ1) is 16.0. The number of morpholine rings is 1. The molecule has 3 heterocycles. The molecule has 0 unspecified atom stereocenters. The van der Waals surface area contributed by atoms with Crippen molar-refractivity contribution in [2.24, 2.45) is 0 Å². The van der Waals surface area contributed by atoms with E-state index in [-0.39, 0.29) is 18.4 Å². The molecule has 0 bridgehead atoms. The molecule has 1 spiro atoms. The normalized spacial score (nSPS) is 24.9. The standard InChI is InChI=1S/C27H32N2O4/c1-21-7-9-23(10-8-21)27(12-15-32-16-13-27)25(31)28-14-11-26(19-28)20-29(24(30)18-33-26)17-22-5-3-2-4-6-22/h2-10H,11-20H2,1H3/t26-/m0/s1. The quantitative estimate of drug-likeness (QED) is 0.721. The molecule has 1 atom stereocenters. The van der Waals surface area contributed by atoms with Gasteiger partial charge in [0.15, 0.2) is 0 Å². The predicted octanol–water partition coefficient (Wildman–Crippen LogP) is 3.07. The zero-order valence-corrected chi connectivity index (χ0v) is 19.3. The SMILES string of the molecule is Cc1ccc(C2(C(=O)N3CC[C@@]4(CN(Cc5ccccc5)C(=O)CO4)C3)CCOCC2)cc1. The van der Waals surface area contributed by atoms with Crippen LogP contribution in [0, 0.1) is 6.92 Å². The van der Waals surface area contributed by atoms with Crippen LogP contribution in [-0.2, 0) is 31.0 Å². The smallest absolute Gasteiger partial charge is 0.249 e. The predicted molar refractivity (Wildman–Crippen MR) is 125 cm³/mol. The molecule has 3 aliphatic heterocycles. The molecule has 0 radical (unpaired) electrons. The minimum Gasteiger partial charge on any atom is -0.381 e. The fraction of sp³-hybridized carbons (Fsp3) is 0.481. The fourth-order valence-corrected chi connectivity index (χ4v) is 5.52. The van der Waals surface area contributed by atoms with Gasteiger partial charge in [0.05, 0.1) is 18.5 Å². The van der Waals surface area contributed by atoms with Crippen molar-refractivity contribution in [2.45, 2.75) is 43.7 Å². The summed E-state index contributed by atoms with van der Waals surface area (Å²) in [5, 5.41) is 0. The van der Waals surface area contributed by atoms with E-state index in [0.29, 0.717) is 52.2 Å². The van der Waals surface area contributed by atoms with Crippen molar-refractivity contribution >= 4 is 11.8 Å². The molecule has 0 saturated carbocycles. The zero-order valence-electron chi connectivity index (χ0n) is 19.3. The first-order valence-corrected chi connectivity index (χ1v) is 11.9. The van der Waals surface area contributed by atoms with Crippen LogP contribution in [0.1, 0.15) is 36.0 Å². The highest BCUT2D eigenvalue weighted by molar-refractivity contribution is 5.89. The van der Waals surface area contributed by atoms with Gasteiger partial charge in [-0.3, -0.25) is 9.59 Å². The van der Waals surface area contributed by atoms with Crippen molar-refractivity contribution in [3.05, 3.63) is 71.3 Å². The van der Waals surface area contributed by atoms with Gasteiger partial charge in [0.2, 0.25) is 11.8 Å². The van der Waals surface area contributed by atoms with E-state index in [2.05, 4.69) is 31.2 Å². The summed E-state index contributed by atoms with van der Waals surface area (Å²) in [5.74, 6) is 0.177. The lowest BCUT2D eigenvalue weighted by Crippen LogP contribution is -2.56. The Labute approximate surface area is 195 Å². The average Bonchev–Trinajstić information content (AvgIpc) is 3.26. The van der Waals surface area contributed by atoms with Crippen molar-refractivity contribution in [3.8, 4) is 0 Å². The van der Waals surface area contributed by atoms with E-state index >= 15 is 0 Å². The molecular weight excluding hydrogens is 416 g/mol. The Morgan fingerprint density at radius 3 is 2.42 bits per heavy atom. The van der Waals surface area contributed by atoms with Gasteiger partial charge in [0, 0.05) is 26.3 Å². The summed E-state index contributed by atoms with van der Waals surface area (Å²) in [4.78, 5) is 30.4. The lowest BCUT2D eigenvalue weighted by Gasteiger charge is -2.42. The van der Waals surface area contributed by atoms with Crippen LogP contribution < -0.4 is 0 Å². The van der Waals surface area contributed by atoms with Gasteiger partial charge in [-0.05, 0) is 37.3 Å². The molecule has 2 amide bonds. The van der Waals surface area contributed by atoms with Crippen LogP contribution in [0.5, 0.6) is 0 Å². The van der Waals surface area contributed by atoms with Crippen molar-refractivity contribution < 1.29 is 19.1 Å². The Kier molecular flexibility index (Phi) is 5.97. The zero-order chi connectivity index (χ0) is 22.9. The van der Waals surface area contributed by atoms with E-state index in [1.165, 1.54) is 5.56 Å². The molecule has 3 fully saturated rings. The summed E-state index contributed by atoms with van der Waals surface area (Å²) in [7, 11) is 0. The molecule has 2 aromatic rings. The number of rotatable bonds is 4. The number of hydrogen-bond acceptors (Lipinski definition) is 4. The molecule has 2 aromatic carbocycles. The minimum atomic E-state index is -0.550. The van der Waals surface area contributed by atoms with Crippen LogP contribution in [0.2, 0.25) is 0 Å². The molecule has 174 valence electrons. The Balaban J connectivity index is 1.34. The molecule has 0 aliphatic carbocycles. The summed E-state index contributed by atoms with van der Waals surface area (Å²) in [6, 6.07) is 18.4. The average molecular weight is 449 g/mol. The van der Waals surface area contributed by atoms with Crippen LogP contribution in [0.25, 0.3) is 0 Å². The molecule has 0 aromatic heterocycles. The Hall–Kier alpha value is -2.70. The van der Waals surface area contributed by atoms with Gasteiger partial charge in [-0.2, -0.15) is 0 Å². The highest BCUT2D eigenvalue weighted by Gasteiger charge is 2.51. The third-order valence-corrected chi connectivity index (χ3v) is 7.51. The largest absolute Gasteiger partial charge is 0.381 e. The van der Waals surface area contributed by atoms with Crippen LogP contribution in [-0.4, -0.2) is 66.7 Å². The third kappa shape index (κ3) is 4.30. The Morgan fingerprint density at radius 1 is 0.970 bits per heavy atom. The van der Waals surface area contributed by atoms with Crippen molar-refractivity contribution in [1.29, 1.82) is 0 Å². The third-order valence-electron chi connectivity index (χ3n) is 7.51. The van der Waals surface area contributed by atoms with Gasteiger partial charge in [-0.25, -0.2) is 0 Å². The van der Waals surface area contributed by atoms with Crippen LogP contribution in [0.3, 0.4) is 0 Å². The van der Waals surface area contributed by atoms with E-state index in [0.717, 1.165) is 17.5 Å². The Morgan fingerprint density at radius 2 is 1.70 bits per heavy atom. The van der Waals surface area contributed by atoms with E-state index in [1.807, 2.05) is 40.1 Å². The summed E-state index contributed by atoms with van der Waals surface area (Å²) < 4.78 is 11.8. The number of likely N-dealkylation sites (tertiary alicyclic amines) is 1. The molecule has 6 heteroatoms. The van der Waals surface area contributed by atoms with Gasteiger partial charge in [0.25, 0.3) is 0 Å². The van der Waals surface area contributed by atoms with Crippen LogP contribution in [0.15, 0.2) is 54.6 Å². The first kappa shape index (κ1) is 22.1. The highest BCUT2D eigenvalue weighted by Crippen LogP contribution is 2.40.